The van der Waals surface area contributed by atoms with Gasteiger partial charge in [-0.25, -0.2) is 8.42 Å². The van der Waals surface area contributed by atoms with Crippen LogP contribution >= 0.6 is 0 Å². The first-order chi connectivity index (χ1) is 11.2. The number of carbonyl (C=O) groups is 1. The van der Waals surface area contributed by atoms with Crippen LogP contribution in [0.15, 0.2) is 29.2 Å². The molecule has 0 aliphatic carbocycles. The topological polar surface area (TPSA) is 83.9 Å². The van der Waals surface area contributed by atoms with E-state index in [1.807, 2.05) is 0 Å². The van der Waals surface area contributed by atoms with E-state index in [2.05, 4.69) is 13.8 Å². The first-order valence-electron chi connectivity index (χ1n) is 8.17. The molecule has 0 aromatic heterocycles. The maximum atomic E-state index is 12.7. The summed E-state index contributed by atoms with van der Waals surface area (Å²) in [6.45, 7) is 6.83. The second kappa shape index (κ2) is 7.53. The smallest absolute Gasteiger partial charge is 0.308 e. The number of rotatable bonds is 7. The molecule has 1 fully saturated rings. The molecule has 24 heavy (non-hydrogen) atoms. The van der Waals surface area contributed by atoms with Gasteiger partial charge in [-0.1, -0.05) is 20.8 Å². The van der Waals surface area contributed by atoms with Gasteiger partial charge in [0.1, 0.15) is 5.75 Å². The minimum Gasteiger partial charge on any atom is -0.494 e. The van der Waals surface area contributed by atoms with Crippen molar-refractivity contribution in [3.05, 3.63) is 24.3 Å². The molecule has 2 atom stereocenters. The van der Waals surface area contributed by atoms with Gasteiger partial charge in [-0.05, 0) is 42.5 Å². The van der Waals surface area contributed by atoms with Crippen LogP contribution in [0, 0.1) is 17.8 Å². The lowest BCUT2D eigenvalue weighted by Gasteiger charge is -2.16. The summed E-state index contributed by atoms with van der Waals surface area (Å²) in [4.78, 5) is 11.3. The predicted molar refractivity (Wildman–Crippen MR) is 90.4 cm³/mol. The van der Waals surface area contributed by atoms with Gasteiger partial charge in [0.25, 0.3) is 0 Å². The number of ether oxygens (including phenoxy) is 1. The minimum absolute atomic E-state index is 0.0193. The third-order valence-electron chi connectivity index (χ3n) is 4.32. The van der Waals surface area contributed by atoms with E-state index >= 15 is 0 Å². The summed E-state index contributed by atoms with van der Waals surface area (Å²) in [5, 5.41) is 9.16. The zero-order valence-electron chi connectivity index (χ0n) is 14.3. The molecule has 1 saturated heterocycles. The Bertz CT molecular complexity index is 669. The highest BCUT2D eigenvalue weighted by Crippen LogP contribution is 2.29. The van der Waals surface area contributed by atoms with Gasteiger partial charge in [0.2, 0.25) is 10.0 Å². The average Bonchev–Trinajstić information content (AvgIpc) is 2.90. The van der Waals surface area contributed by atoms with Crippen LogP contribution in [0.4, 0.5) is 0 Å². The first kappa shape index (κ1) is 18.7. The first-order valence-corrected chi connectivity index (χ1v) is 9.61. The summed E-state index contributed by atoms with van der Waals surface area (Å²) in [5.74, 6) is -0.625. The number of carboxylic acid groups (broad SMARTS) is 1. The molecule has 1 aliphatic heterocycles. The molecule has 1 aliphatic rings. The summed E-state index contributed by atoms with van der Waals surface area (Å²) in [6.07, 6.45) is 0.933. The van der Waals surface area contributed by atoms with Gasteiger partial charge in [-0.3, -0.25) is 4.79 Å². The van der Waals surface area contributed by atoms with Gasteiger partial charge in [-0.15, -0.1) is 0 Å². The highest BCUT2D eigenvalue weighted by Gasteiger charge is 2.40. The van der Waals surface area contributed by atoms with Crippen LogP contribution in [0.5, 0.6) is 5.75 Å². The zero-order valence-corrected chi connectivity index (χ0v) is 15.1. The van der Waals surface area contributed by atoms with Crippen molar-refractivity contribution in [2.45, 2.75) is 32.1 Å². The van der Waals surface area contributed by atoms with Crippen molar-refractivity contribution in [3.63, 3.8) is 0 Å². The standard InChI is InChI=1S/C17H25NO5S/c1-12(2)8-9-23-14-4-6-15(7-5-14)24(21,22)18-10-13(3)16(11-18)17(19)20/h4-7,12-13,16H,8-11H2,1-3H3,(H,19,20)/t13-,16-/m1/s1. The Hall–Kier alpha value is -1.60. The second-order valence-electron chi connectivity index (χ2n) is 6.75. The number of hydrogen-bond donors (Lipinski definition) is 1. The number of hydrogen-bond acceptors (Lipinski definition) is 4. The number of benzene rings is 1. The average molecular weight is 355 g/mol. The monoisotopic (exact) mass is 355 g/mol. The lowest BCUT2D eigenvalue weighted by atomic mass is 9.99. The van der Waals surface area contributed by atoms with E-state index < -0.39 is 21.9 Å². The van der Waals surface area contributed by atoms with Crippen LogP contribution in [0.2, 0.25) is 0 Å². The largest absolute Gasteiger partial charge is 0.494 e. The van der Waals surface area contributed by atoms with Gasteiger partial charge in [0.05, 0.1) is 17.4 Å². The van der Waals surface area contributed by atoms with Gasteiger partial charge in [0.15, 0.2) is 0 Å². The minimum atomic E-state index is -3.67. The molecule has 1 aromatic rings. The number of nitrogens with zero attached hydrogens (tertiary/aromatic N) is 1. The van der Waals surface area contributed by atoms with Crippen molar-refractivity contribution in [3.8, 4) is 5.75 Å². The van der Waals surface area contributed by atoms with Gasteiger partial charge in [0, 0.05) is 13.1 Å². The van der Waals surface area contributed by atoms with Crippen LogP contribution < -0.4 is 4.74 Å². The fraction of sp³-hybridized carbons (Fsp3) is 0.588. The molecule has 134 valence electrons. The normalized spacial score (nSPS) is 22.0. The Morgan fingerprint density at radius 3 is 2.42 bits per heavy atom. The van der Waals surface area contributed by atoms with E-state index in [1.54, 1.807) is 19.1 Å². The van der Waals surface area contributed by atoms with E-state index in [9.17, 15) is 13.2 Å². The van der Waals surface area contributed by atoms with Crippen molar-refractivity contribution < 1.29 is 23.1 Å². The molecule has 0 radical (unpaired) electrons. The summed E-state index contributed by atoms with van der Waals surface area (Å²) in [7, 11) is -3.67. The Kier molecular flexibility index (Phi) is 5.87. The van der Waals surface area contributed by atoms with E-state index in [4.69, 9.17) is 9.84 Å². The SMILES string of the molecule is CC(C)CCOc1ccc(S(=O)(=O)N2C[C@@H](C)[C@H](C(=O)O)C2)cc1. The quantitative estimate of drug-likeness (QED) is 0.812. The molecule has 2 rings (SSSR count). The van der Waals surface area contributed by atoms with Gasteiger partial charge < -0.3 is 9.84 Å². The Balaban J connectivity index is 2.06. The fourth-order valence-corrected chi connectivity index (χ4v) is 4.28. The van der Waals surface area contributed by atoms with E-state index in [1.165, 1.54) is 16.4 Å². The summed E-state index contributed by atoms with van der Waals surface area (Å²) < 4.78 is 32.2. The van der Waals surface area contributed by atoms with E-state index in [-0.39, 0.29) is 23.9 Å². The molecule has 0 saturated carbocycles. The summed E-state index contributed by atoms with van der Waals surface area (Å²) in [6, 6.07) is 6.31. The molecule has 6 nitrogen and oxygen atoms in total. The van der Waals surface area contributed by atoms with Crippen LogP contribution in [0.1, 0.15) is 27.2 Å². The predicted octanol–water partition coefficient (Wildman–Crippen LogP) is 2.45. The van der Waals surface area contributed by atoms with Crippen LogP contribution in [0.3, 0.4) is 0 Å². The van der Waals surface area contributed by atoms with Crippen LogP contribution in [0.25, 0.3) is 0 Å². The third-order valence-corrected chi connectivity index (χ3v) is 6.17. The zero-order chi connectivity index (χ0) is 17.9. The molecule has 1 aromatic carbocycles. The third kappa shape index (κ3) is 4.27. The highest BCUT2D eigenvalue weighted by molar-refractivity contribution is 7.89. The Morgan fingerprint density at radius 1 is 1.29 bits per heavy atom. The summed E-state index contributed by atoms with van der Waals surface area (Å²) >= 11 is 0. The van der Waals surface area contributed by atoms with Gasteiger partial charge in [-0.2, -0.15) is 4.31 Å². The van der Waals surface area contributed by atoms with Crippen molar-refractivity contribution in [1.82, 2.24) is 4.31 Å². The maximum absolute atomic E-state index is 12.7. The molecule has 1 N–H and O–H groups in total. The molecule has 7 heteroatoms. The van der Waals surface area contributed by atoms with Crippen LogP contribution in [-0.2, 0) is 14.8 Å². The summed E-state index contributed by atoms with van der Waals surface area (Å²) in [5.41, 5.74) is 0. The second-order valence-corrected chi connectivity index (χ2v) is 8.68. The lowest BCUT2D eigenvalue weighted by Crippen LogP contribution is -2.30. The molecular formula is C17H25NO5S. The van der Waals surface area contributed by atoms with Crippen LogP contribution in [-0.4, -0.2) is 43.5 Å². The maximum Gasteiger partial charge on any atom is 0.308 e. The number of sulfonamides is 1. The molecule has 0 spiro atoms. The molecule has 0 bridgehead atoms. The van der Waals surface area contributed by atoms with Crippen molar-refractivity contribution in [2.75, 3.05) is 19.7 Å². The number of carboxylic acids is 1. The highest BCUT2D eigenvalue weighted by atomic mass is 32.2. The molecule has 0 unspecified atom stereocenters. The lowest BCUT2D eigenvalue weighted by molar-refractivity contribution is -0.142. The molecular weight excluding hydrogens is 330 g/mol. The number of aliphatic carboxylic acids is 1. The van der Waals surface area contributed by atoms with Crippen molar-refractivity contribution in [1.29, 1.82) is 0 Å². The van der Waals surface area contributed by atoms with Gasteiger partial charge >= 0.3 is 5.97 Å². The fourth-order valence-electron chi connectivity index (χ4n) is 2.71. The van der Waals surface area contributed by atoms with E-state index in [0.29, 0.717) is 18.3 Å². The van der Waals surface area contributed by atoms with Crippen molar-refractivity contribution >= 4 is 16.0 Å². The van der Waals surface area contributed by atoms with E-state index in [0.717, 1.165) is 6.42 Å². The Morgan fingerprint density at radius 2 is 1.92 bits per heavy atom. The molecule has 1 heterocycles. The Labute approximate surface area is 143 Å². The van der Waals surface area contributed by atoms with Crippen molar-refractivity contribution in [2.24, 2.45) is 17.8 Å². The molecule has 0 amide bonds.